The molecule has 35 heavy (non-hydrogen) atoms. The molecule has 0 aromatic carbocycles. The molecule has 202 valence electrons. The van der Waals surface area contributed by atoms with E-state index in [9.17, 15) is 5.11 Å². The van der Waals surface area contributed by atoms with Gasteiger partial charge in [-0.2, -0.15) is 0 Å². The molecule has 0 aromatic rings. The molecule has 11 atom stereocenters. The summed E-state index contributed by atoms with van der Waals surface area (Å²) in [6, 6.07) is 0. The summed E-state index contributed by atoms with van der Waals surface area (Å²) in [5, 5.41) is 10.9. The van der Waals surface area contributed by atoms with Gasteiger partial charge < -0.3 is 14.6 Å². The van der Waals surface area contributed by atoms with Crippen LogP contribution in [0.15, 0.2) is 0 Å². The van der Waals surface area contributed by atoms with Crippen molar-refractivity contribution >= 4 is 0 Å². The smallest absolute Gasteiger partial charge is 0.0830 e. The van der Waals surface area contributed by atoms with E-state index in [4.69, 9.17) is 9.47 Å². The Labute approximate surface area is 216 Å². The normalized spacial score (nSPS) is 50.3. The van der Waals surface area contributed by atoms with Gasteiger partial charge in [-0.25, -0.2) is 0 Å². The molecule has 5 aliphatic rings. The highest BCUT2D eigenvalue weighted by atomic mass is 16.5. The van der Waals surface area contributed by atoms with Crippen molar-refractivity contribution in [1.82, 2.24) is 0 Å². The topological polar surface area (TPSA) is 38.7 Å². The Balaban J connectivity index is 1.33. The highest BCUT2D eigenvalue weighted by Crippen LogP contribution is 2.89. The summed E-state index contributed by atoms with van der Waals surface area (Å²) >= 11 is 0. The minimum atomic E-state index is -0.102. The highest BCUT2D eigenvalue weighted by Gasteiger charge is 2.82. The maximum Gasteiger partial charge on any atom is 0.0830 e. The van der Waals surface area contributed by atoms with Gasteiger partial charge in [-0.1, -0.05) is 34.6 Å². The van der Waals surface area contributed by atoms with E-state index in [0.29, 0.717) is 21.7 Å². The first kappa shape index (κ1) is 26.5. The highest BCUT2D eigenvalue weighted by molar-refractivity contribution is 5.30. The molecule has 11 unspecified atom stereocenters. The van der Waals surface area contributed by atoms with E-state index in [1.54, 1.807) is 0 Å². The van der Waals surface area contributed by atoms with Crippen molar-refractivity contribution in [2.75, 3.05) is 13.7 Å². The molecule has 0 aromatic heterocycles. The first-order valence-electron chi connectivity index (χ1n) is 15.3. The van der Waals surface area contributed by atoms with Crippen LogP contribution in [0, 0.1) is 50.7 Å². The third-order valence-corrected chi connectivity index (χ3v) is 14.0. The fourth-order valence-corrected chi connectivity index (χ4v) is 11.8. The molecule has 0 aliphatic heterocycles. The summed E-state index contributed by atoms with van der Waals surface area (Å²) < 4.78 is 11.7. The average molecular weight is 489 g/mol. The van der Waals surface area contributed by atoms with Gasteiger partial charge in [-0.15, -0.1) is 0 Å². The Kier molecular flexibility index (Phi) is 6.58. The maximum absolute atomic E-state index is 10.9. The minimum absolute atomic E-state index is 0.0949. The predicted octanol–water partition coefficient (Wildman–Crippen LogP) is 7.64. The van der Waals surface area contributed by atoms with Gasteiger partial charge >= 0.3 is 0 Å². The maximum atomic E-state index is 10.9. The lowest BCUT2D eigenvalue weighted by atomic mass is 9.41. The van der Waals surface area contributed by atoms with E-state index >= 15 is 0 Å². The van der Waals surface area contributed by atoms with Crippen molar-refractivity contribution in [3.63, 3.8) is 0 Å². The first-order chi connectivity index (χ1) is 16.4. The lowest BCUT2D eigenvalue weighted by molar-refractivity contribution is -0.161. The van der Waals surface area contributed by atoms with Gasteiger partial charge in [-0.05, 0) is 135 Å². The van der Waals surface area contributed by atoms with Crippen LogP contribution in [0.4, 0.5) is 0 Å². The number of hydrogen-bond donors (Lipinski definition) is 1. The fraction of sp³-hybridized carbons (Fsp3) is 1.00. The SMILES string of the molecule is CCOC(C)C(CCC(C)C1CCC2(C)C3CCC4C(C)(C)C(O)CCC45CC35CCC12C)OC. The molecule has 2 spiro atoms. The standard InChI is InChI=1S/C32H56O3/c1-9-35-22(3)24(34-8)11-10-21(2)23-14-16-30(7)26-13-12-25-28(4,5)27(33)15-17-31(25)20-32(26,31)19-18-29(23,30)6/h21-27,33H,9-20H2,1-8H3. The monoisotopic (exact) mass is 488 g/mol. The summed E-state index contributed by atoms with van der Waals surface area (Å²) in [6.07, 6.45) is 14.9. The molecule has 5 aliphatic carbocycles. The van der Waals surface area contributed by atoms with Gasteiger partial charge in [0, 0.05) is 13.7 Å². The second-order valence-electron chi connectivity index (χ2n) is 15.0. The van der Waals surface area contributed by atoms with Gasteiger partial charge in [0.2, 0.25) is 0 Å². The van der Waals surface area contributed by atoms with Crippen molar-refractivity contribution in [1.29, 1.82) is 0 Å². The summed E-state index contributed by atoms with van der Waals surface area (Å²) in [6.45, 7) is 17.8. The van der Waals surface area contributed by atoms with Gasteiger partial charge in [0.15, 0.2) is 0 Å². The van der Waals surface area contributed by atoms with Crippen molar-refractivity contribution in [3.8, 4) is 0 Å². The number of ether oxygens (including phenoxy) is 2. The van der Waals surface area contributed by atoms with Crippen LogP contribution < -0.4 is 0 Å². The summed E-state index contributed by atoms with van der Waals surface area (Å²) in [7, 11) is 1.85. The second-order valence-corrected chi connectivity index (χ2v) is 15.0. The molecule has 3 nitrogen and oxygen atoms in total. The van der Waals surface area contributed by atoms with E-state index < -0.39 is 0 Å². The Bertz CT molecular complexity index is 794. The third-order valence-electron chi connectivity index (χ3n) is 14.0. The number of hydrogen-bond acceptors (Lipinski definition) is 3. The van der Waals surface area contributed by atoms with Crippen LogP contribution in [-0.4, -0.2) is 37.1 Å². The Morgan fingerprint density at radius 1 is 0.829 bits per heavy atom. The molecule has 0 amide bonds. The van der Waals surface area contributed by atoms with Crippen molar-refractivity contribution in [2.45, 2.75) is 137 Å². The Morgan fingerprint density at radius 3 is 2.20 bits per heavy atom. The molecule has 5 fully saturated rings. The van der Waals surface area contributed by atoms with Gasteiger partial charge in [-0.3, -0.25) is 0 Å². The molecular weight excluding hydrogens is 432 g/mol. The number of fused-ring (bicyclic) bond motifs is 2. The summed E-state index contributed by atoms with van der Waals surface area (Å²) in [5.74, 6) is 3.22. The predicted molar refractivity (Wildman–Crippen MR) is 143 cm³/mol. The van der Waals surface area contributed by atoms with Crippen molar-refractivity contribution in [3.05, 3.63) is 0 Å². The number of methoxy groups -OCH3 is 1. The Hall–Kier alpha value is -0.120. The Morgan fingerprint density at radius 2 is 1.51 bits per heavy atom. The van der Waals surface area contributed by atoms with Gasteiger partial charge in [0.25, 0.3) is 0 Å². The van der Waals surface area contributed by atoms with Crippen LogP contribution in [0.5, 0.6) is 0 Å². The lowest BCUT2D eigenvalue weighted by Crippen LogP contribution is -2.57. The average Bonchev–Trinajstić information content (AvgIpc) is 3.39. The second kappa shape index (κ2) is 8.70. The molecule has 0 bridgehead atoms. The molecule has 0 heterocycles. The molecule has 5 saturated carbocycles. The van der Waals surface area contributed by atoms with E-state index in [1.165, 1.54) is 57.8 Å². The van der Waals surface area contributed by atoms with Crippen molar-refractivity contribution in [2.24, 2.45) is 50.7 Å². The zero-order chi connectivity index (χ0) is 25.4. The fourth-order valence-electron chi connectivity index (χ4n) is 11.8. The van der Waals surface area contributed by atoms with E-state index in [0.717, 1.165) is 43.1 Å². The molecule has 3 heteroatoms. The number of rotatable bonds is 8. The summed E-state index contributed by atoms with van der Waals surface area (Å²) in [5.41, 5.74) is 2.19. The van der Waals surface area contributed by atoms with E-state index in [-0.39, 0.29) is 23.7 Å². The third kappa shape index (κ3) is 3.45. The number of aliphatic hydroxyl groups excluding tert-OH is 1. The van der Waals surface area contributed by atoms with Gasteiger partial charge in [0.05, 0.1) is 18.3 Å². The zero-order valence-corrected chi connectivity index (χ0v) is 24.3. The zero-order valence-electron chi connectivity index (χ0n) is 24.3. The van der Waals surface area contributed by atoms with E-state index in [1.807, 2.05) is 7.11 Å². The first-order valence-corrected chi connectivity index (χ1v) is 15.3. The largest absolute Gasteiger partial charge is 0.393 e. The van der Waals surface area contributed by atoms with Crippen LogP contribution >= 0.6 is 0 Å². The lowest BCUT2D eigenvalue weighted by Gasteiger charge is -2.63. The van der Waals surface area contributed by atoms with Gasteiger partial charge in [0.1, 0.15) is 0 Å². The molecule has 5 rings (SSSR count). The van der Waals surface area contributed by atoms with Crippen LogP contribution in [0.2, 0.25) is 0 Å². The van der Waals surface area contributed by atoms with E-state index in [2.05, 4.69) is 48.5 Å². The van der Waals surface area contributed by atoms with Crippen molar-refractivity contribution < 1.29 is 14.6 Å². The van der Waals surface area contributed by atoms with Crippen LogP contribution in [0.25, 0.3) is 0 Å². The van der Waals surface area contributed by atoms with Crippen LogP contribution in [0.3, 0.4) is 0 Å². The summed E-state index contributed by atoms with van der Waals surface area (Å²) in [4.78, 5) is 0. The van der Waals surface area contributed by atoms with Crippen LogP contribution in [-0.2, 0) is 9.47 Å². The van der Waals surface area contributed by atoms with Crippen LogP contribution in [0.1, 0.15) is 119 Å². The minimum Gasteiger partial charge on any atom is -0.393 e. The molecule has 1 N–H and O–H groups in total. The number of aliphatic hydroxyl groups is 1. The quantitative estimate of drug-likeness (QED) is 0.381. The molecule has 0 saturated heterocycles. The molecule has 0 radical (unpaired) electrons. The molecular formula is C32H56O3.